The van der Waals surface area contributed by atoms with E-state index in [1.54, 1.807) is 4.90 Å². The molecule has 5 nitrogen and oxygen atoms in total. The molecule has 0 aliphatic carbocycles. The van der Waals surface area contributed by atoms with Crippen LogP contribution in [0, 0.1) is 0 Å². The zero-order chi connectivity index (χ0) is 18.8. The number of aliphatic hydroxyl groups is 2. The van der Waals surface area contributed by atoms with E-state index < -0.39 is 22.7 Å². The van der Waals surface area contributed by atoms with Gasteiger partial charge in [-0.05, 0) is 50.8 Å². The van der Waals surface area contributed by atoms with Crippen LogP contribution in [0.15, 0.2) is 12.7 Å². The molecule has 27 heavy (non-hydrogen) atoms. The summed E-state index contributed by atoms with van der Waals surface area (Å²) in [5.74, 6) is -0.208. The van der Waals surface area contributed by atoms with Gasteiger partial charge in [0.25, 0.3) is 0 Å². The van der Waals surface area contributed by atoms with Crippen molar-refractivity contribution >= 4 is 22.5 Å². The van der Waals surface area contributed by atoms with Crippen molar-refractivity contribution in [2.75, 3.05) is 19.7 Å². The monoisotopic (exact) mass is 423 g/mol. The molecule has 0 fully saturated rings. The molecule has 0 aliphatic rings. The van der Waals surface area contributed by atoms with Gasteiger partial charge in [-0.25, -0.2) is 0 Å². The minimum atomic E-state index is -1.76. The fourth-order valence-corrected chi connectivity index (χ4v) is 11.9. The van der Waals surface area contributed by atoms with Crippen LogP contribution in [0.1, 0.15) is 48.5 Å². The molecule has 0 aromatic heterocycles. The first-order valence-electron chi connectivity index (χ1n) is 8.97. The van der Waals surface area contributed by atoms with Gasteiger partial charge < -0.3 is 19.2 Å². The summed E-state index contributed by atoms with van der Waals surface area (Å²) in [6.07, 6.45) is 3.62. The molecule has 0 saturated carbocycles. The lowest BCUT2D eigenvalue weighted by Gasteiger charge is -2.34. The SMILES string of the molecule is C.C.C.C=CC(=O)N(CCC[Si](C)(C)O[Si](C)(C)CCCC)CC(O)CO. The van der Waals surface area contributed by atoms with Crippen molar-refractivity contribution in [3.05, 3.63) is 12.7 Å². The summed E-state index contributed by atoms with van der Waals surface area (Å²) in [4.78, 5) is 13.4. The molecule has 0 aliphatic heterocycles. The number of hydrogen-bond acceptors (Lipinski definition) is 4. The second-order valence-electron chi connectivity index (χ2n) is 7.65. The number of aliphatic hydroxyl groups excluding tert-OH is 2. The molecule has 166 valence electrons. The van der Waals surface area contributed by atoms with E-state index in [0.29, 0.717) is 6.54 Å². The Bertz CT molecular complexity index is 390. The third kappa shape index (κ3) is 16.2. The van der Waals surface area contributed by atoms with Gasteiger partial charge in [-0.3, -0.25) is 4.79 Å². The summed E-state index contributed by atoms with van der Waals surface area (Å²) >= 11 is 0. The van der Waals surface area contributed by atoms with Gasteiger partial charge in [0.2, 0.25) is 5.91 Å². The number of hydrogen-bond donors (Lipinski definition) is 2. The predicted molar refractivity (Wildman–Crippen MR) is 125 cm³/mol. The Morgan fingerprint density at radius 2 is 1.59 bits per heavy atom. The second kappa shape index (κ2) is 16.5. The van der Waals surface area contributed by atoms with E-state index >= 15 is 0 Å². The maximum absolute atomic E-state index is 11.9. The van der Waals surface area contributed by atoms with E-state index in [1.807, 2.05) is 0 Å². The summed E-state index contributed by atoms with van der Waals surface area (Å²) in [5.41, 5.74) is 0. The Balaban J connectivity index is -0.000000882. The van der Waals surface area contributed by atoms with Crippen molar-refractivity contribution in [1.29, 1.82) is 0 Å². The lowest BCUT2D eigenvalue weighted by Crippen LogP contribution is -2.45. The highest BCUT2D eigenvalue weighted by Gasteiger charge is 2.32. The van der Waals surface area contributed by atoms with Gasteiger partial charge in [0.15, 0.2) is 16.6 Å². The van der Waals surface area contributed by atoms with Gasteiger partial charge >= 0.3 is 0 Å². The van der Waals surface area contributed by atoms with Crippen LogP contribution in [0.3, 0.4) is 0 Å². The molecule has 1 atom stereocenters. The lowest BCUT2D eigenvalue weighted by molar-refractivity contribution is -0.127. The molecule has 1 amide bonds. The topological polar surface area (TPSA) is 70.0 Å². The van der Waals surface area contributed by atoms with Crippen LogP contribution in [0.4, 0.5) is 0 Å². The highest BCUT2D eigenvalue weighted by atomic mass is 28.4. The van der Waals surface area contributed by atoms with E-state index in [9.17, 15) is 9.90 Å². The van der Waals surface area contributed by atoms with Crippen LogP contribution in [0.5, 0.6) is 0 Å². The van der Waals surface area contributed by atoms with E-state index in [0.717, 1.165) is 12.5 Å². The van der Waals surface area contributed by atoms with Crippen molar-refractivity contribution in [3.8, 4) is 0 Å². The largest absolute Gasteiger partial charge is 0.455 e. The molecular weight excluding hydrogens is 374 g/mol. The van der Waals surface area contributed by atoms with Crippen molar-refractivity contribution < 1.29 is 19.1 Å². The molecule has 2 N–H and O–H groups in total. The Labute approximate surface area is 172 Å². The van der Waals surface area contributed by atoms with Crippen LogP contribution >= 0.6 is 0 Å². The van der Waals surface area contributed by atoms with Gasteiger partial charge in [-0.1, -0.05) is 48.6 Å². The lowest BCUT2D eigenvalue weighted by atomic mass is 10.3. The summed E-state index contributed by atoms with van der Waals surface area (Å²) in [7, 11) is -3.37. The Morgan fingerprint density at radius 1 is 1.11 bits per heavy atom. The van der Waals surface area contributed by atoms with Gasteiger partial charge in [0.1, 0.15) is 0 Å². The summed E-state index contributed by atoms with van der Waals surface area (Å²) < 4.78 is 6.56. The highest BCUT2D eigenvalue weighted by molar-refractivity contribution is 6.84. The van der Waals surface area contributed by atoms with Crippen LogP contribution in [-0.2, 0) is 8.91 Å². The second-order valence-corrected chi connectivity index (χ2v) is 16.5. The number of rotatable bonds is 13. The fraction of sp³-hybridized carbons (Fsp3) is 0.850. The Hall–Kier alpha value is -0.476. The molecule has 0 spiro atoms. The van der Waals surface area contributed by atoms with Gasteiger partial charge in [0, 0.05) is 13.1 Å². The zero-order valence-corrected chi connectivity index (χ0v) is 18.2. The smallest absolute Gasteiger partial charge is 0.246 e. The summed E-state index contributed by atoms with van der Waals surface area (Å²) in [5, 5.41) is 18.5. The predicted octanol–water partition coefficient (Wildman–Crippen LogP) is 4.88. The number of amides is 1. The summed E-state index contributed by atoms with van der Waals surface area (Å²) in [6, 6.07) is 2.18. The molecule has 0 saturated heterocycles. The van der Waals surface area contributed by atoms with Crippen molar-refractivity contribution in [1.82, 2.24) is 4.90 Å². The Morgan fingerprint density at radius 3 is 2.00 bits per heavy atom. The molecule has 0 bridgehead atoms. The third-order valence-corrected chi connectivity index (χ3v) is 11.6. The van der Waals surface area contributed by atoms with Crippen LogP contribution in [0.25, 0.3) is 0 Å². The van der Waals surface area contributed by atoms with Crippen molar-refractivity contribution in [2.45, 2.75) is 92.8 Å². The zero-order valence-electron chi connectivity index (χ0n) is 16.2. The molecule has 0 radical (unpaired) electrons. The molecule has 0 rings (SSSR count). The van der Waals surface area contributed by atoms with Crippen LogP contribution in [0.2, 0.25) is 38.3 Å². The quantitative estimate of drug-likeness (QED) is 0.327. The van der Waals surface area contributed by atoms with Gasteiger partial charge in [-0.2, -0.15) is 0 Å². The first-order valence-corrected chi connectivity index (χ1v) is 15.2. The normalized spacial score (nSPS) is 12.1. The van der Waals surface area contributed by atoms with E-state index in [1.165, 1.54) is 25.0 Å². The van der Waals surface area contributed by atoms with E-state index in [2.05, 4.69) is 39.7 Å². The first kappa shape index (κ1) is 34.1. The fourth-order valence-electron chi connectivity index (χ4n) is 2.88. The molecule has 0 heterocycles. The maximum atomic E-state index is 11.9. The first-order chi connectivity index (χ1) is 11.1. The molecule has 1 unspecified atom stereocenters. The number of unbranched alkanes of at least 4 members (excludes halogenated alkanes) is 1. The van der Waals surface area contributed by atoms with Crippen molar-refractivity contribution in [3.63, 3.8) is 0 Å². The molecule has 7 heteroatoms. The van der Waals surface area contributed by atoms with E-state index in [4.69, 9.17) is 9.22 Å². The maximum Gasteiger partial charge on any atom is 0.246 e. The summed E-state index contributed by atoms with van der Waals surface area (Å²) in [6.45, 7) is 15.1. The number of carbonyl (C=O) groups excluding carboxylic acids is 1. The van der Waals surface area contributed by atoms with Crippen LogP contribution in [-0.4, -0.2) is 63.5 Å². The average Bonchev–Trinajstić information content (AvgIpc) is 2.49. The molecule has 0 aromatic rings. The standard InChI is InChI=1S/C17H37NO4Si2.3CH4/c1-7-9-12-23(3,4)22-24(5,6)13-10-11-18(17(21)8-2)14-16(20)15-19;;;/h8,16,19-20H,2,7,9-15H2,1,3-6H3;3*1H4. The third-order valence-electron chi connectivity index (χ3n) is 4.02. The van der Waals surface area contributed by atoms with Crippen LogP contribution < -0.4 is 0 Å². The Kier molecular flexibility index (Phi) is 20.8. The van der Waals surface area contributed by atoms with E-state index in [-0.39, 0.29) is 41.3 Å². The minimum absolute atomic E-state index is 0. The van der Waals surface area contributed by atoms with Crippen molar-refractivity contribution in [2.24, 2.45) is 0 Å². The minimum Gasteiger partial charge on any atom is -0.455 e. The average molecular weight is 424 g/mol. The molecular formula is C20H49NO4Si2. The van der Waals surface area contributed by atoms with Gasteiger partial charge in [-0.15, -0.1) is 0 Å². The molecule has 0 aromatic carbocycles. The van der Waals surface area contributed by atoms with Gasteiger partial charge in [0.05, 0.1) is 12.7 Å². The highest BCUT2D eigenvalue weighted by Crippen LogP contribution is 2.24. The number of carbonyl (C=O) groups is 1. The number of nitrogens with zero attached hydrogens (tertiary/aromatic N) is 1.